The smallest absolute Gasteiger partial charge is 0.254 e. The number of amides is 1. The van der Waals surface area contributed by atoms with Gasteiger partial charge in [0.2, 0.25) is 0 Å². The number of likely N-dealkylation sites (N-methyl/N-ethyl adjacent to an activating group) is 1. The van der Waals surface area contributed by atoms with Crippen LogP contribution in [-0.4, -0.2) is 37.5 Å². The summed E-state index contributed by atoms with van der Waals surface area (Å²) in [6, 6.07) is 5.04. The van der Waals surface area contributed by atoms with E-state index in [1.165, 1.54) is 6.07 Å². The summed E-state index contributed by atoms with van der Waals surface area (Å²) >= 11 is 0. The number of aryl methyl sites for hydroxylation is 1. The Morgan fingerprint density at radius 1 is 1.47 bits per heavy atom. The summed E-state index contributed by atoms with van der Waals surface area (Å²) in [4.78, 5) is 13.8. The summed E-state index contributed by atoms with van der Waals surface area (Å²) in [6.45, 7) is 4.14. The van der Waals surface area contributed by atoms with Gasteiger partial charge in [0, 0.05) is 12.6 Å². The van der Waals surface area contributed by atoms with Crippen molar-refractivity contribution in [1.29, 1.82) is 0 Å². The first-order valence-corrected chi connectivity index (χ1v) is 5.63. The van der Waals surface area contributed by atoms with Gasteiger partial charge in [0.25, 0.3) is 5.91 Å². The van der Waals surface area contributed by atoms with Gasteiger partial charge < -0.3 is 10.2 Å². The quantitative estimate of drug-likeness (QED) is 0.867. The molecule has 1 N–H and O–H groups in total. The average Bonchev–Trinajstić information content (AvgIpc) is 2.29. The Balaban J connectivity index is 2.68. The molecule has 1 unspecified atom stereocenters. The van der Waals surface area contributed by atoms with E-state index in [4.69, 9.17) is 0 Å². The number of hydrogen-bond acceptors (Lipinski definition) is 2. The highest BCUT2D eigenvalue weighted by Crippen LogP contribution is 2.11. The van der Waals surface area contributed by atoms with Crippen LogP contribution in [0.3, 0.4) is 0 Å². The van der Waals surface area contributed by atoms with Crippen molar-refractivity contribution in [3.63, 3.8) is 0 Å². The van der Waals surface area contributed by atoms with Gasteiger partial charge in [0.15, 0.2) is 0 Å². The minimum Gasteiger partial charge on any atom is -0.350 e. The fourth-order valence-corrected chi connectivity index (χ4v) is 1.34. The topological polar surface area (TPSA) is 32.3 Å². The summed E-state index contributed by atoms with van der Waals surface area (Å²) < 4.78 is 13.7. The van der Waals surface area contributed by atoms with E-state index >= 15 is 0 Å². The van der Waals surface area contributed by atoms with E-state index in [0.29, 0.717) is 12.1 Å². The van der Waals surface area contributed by atoms with E-state index in [1.807, 2.05) is 25.9 Å². The summed E-state index contributed by atoms with van der Waals surface area (Å²) in [5.41, 5.74) is 0.592. The predicted molar refractivity (Wildman–Crippen MR) is 66.6 cm³/mol. The van der Waals surface area contributed by atoms with E-state index in [2.05, 4.69) is 5.32 Å². The molecule has 0 heterocycles. The van der Waals surface area contributed by atoms with E-state index in [0.717, 1.165) is 0 Å². The molecule has 1 rings (SSSR count). The molecule has 1 amide bonds. The molecule has 0 spiro atoms. The third-order valence-electron chi connectivity index (χ3n) is 2.88. The monoisotopic (exact) mass is 238 g/mol. The Hall–Kier alpha value is -1.42. The molecular weight excluding hydrogens is 219 g/mol. The van der Waals surface area contributed by atoms with Crippen LogP contribution in [0.25, 0.3) is 0 Å². The lowest BCUT2D eigenvalue weighted by Gasteiger charge is -2.20. The van der Waals surface area contributed by atoms with Crippen LogP contribution in [0.1, 0.15) is 22.8 Å². The van der Waals surface area contributed by atoms with Crippen molar-refractivity contribution < 1.29 is 9.18 Å². The first-order chi connectivity index (χ1) is 7.93. The molecule has 1 aromatic rings. The first-order valence-electron chi connectivity index (χ1n) is 5.63. The number of nitrogens with zero attached hydrogens (tertiary/aromatic N) is 1. The lowest BCUT2D eigenvalue weighted by molar-refractivity contribution is 0.0939. The fourth-order valence-electron chi connectivity index (χ4n) is 1.34. The Kier molecular flexibility index (Phi) is 4.63. The minimum absolute atomic E-state index is 0.107. The molecular formula is C13H19FN2O. The average molecular weight is 238 g/mol. The highest BCUT2D eigenvalue weighted by Gasteiger charge is 2.14. The van der Waals surface area contributed by atoms with Gasteiger partial charge in [-0.25, -0.2) is 4.39 Å². The van der Waals surface area contributed by atoms with Gasteiger partial charge in [-0.15, -0.1) is 0 Å². The molecule has 17 heavy (non-hydrogen) atoms. The Morgan fingerprint density at radius 2 is 2.12 bits per heavy atom. The zero-order chi connectivity index (χ0) is 13.0. The van der Waals surface area contributed by atoms with E-state index in [9.17, 15) is 9.18 Å². The highest BCUT2D eigenvalue weighted by molar-refractivity contribution is 5.94. The maximum atomic E-state index is 13.7. The number of benzene rings is 1. The van der Waals surface area contributed by atoms with Crippen LogP contribution < -0.4 is 5.32 Å². The normalized spacial score (nSPS) is 12.6. The third kappa shape index (κ3) is 3.53. The standard InChI is InChI=1S/C13H19FN2O/c1-9-6-5-7-11(12(9)14)13(17)15-8-10(2)16(3)4/h5-7,10H,8H2,1-4H3,(H,15,17). The predicted octanol–water partition coefficient (Wildman–Crippen LogP) is 1.81. The van der Waals surface area contributed by atoms with Gasteiger partial charge in [0.05, 0.1) is 5.56 Å². The molecule has 4 heteroatoms. The zero-order valence-electron chi connectivity index (χ0n) is 10.7. The number of hydrogen-bond donors (Lipinski definition) is 1. The van der Waals surface area contributed by atoms with E-state index in [-0.39, 0.29) is 17.5 Å². The second kappa shape index (κ2) is 5.77. The molecule has 0 aliphatic carbocycles. The molecule has 0 aliphatic rings. The lowest BCUT2D eigenvalue weighted by Crippen LogP contribution is -2.38. The number of nitrogens with one attached hydrogen (secondary N) is 1. The van der Waals surface area contributed by atoms with Crippen molar-refractivity contribution in [3.8, 4) is 0 Å². The highest BCUT2D eigenvalue weighted by atomic mass is 19.1. The van der Waals surface area contributed by atoms with Crippen LogP contribution in [0.4, 0.5) is 4.39 Å². The summed E-state index contributed by atoms with van der Waals surface area (Å²) in [7, 11) is 3.87. The molecule has 1 atom stereocenters. The molecule has 0 saturated heterocycles. The maximum absolute atomic E-state index is 13.7. The van der Waals surface area contributed by atoms with Crippen molar-refractivity contribution in [3.05, 3.63) is 35.1 Å². The van der Waals surface area contributed by atoms with E-state index < -0.39 is 5.82 Å². The van der Waals surface area contributed by atoms with Crippen LogP contribution >= 0.6 is 0 Å². The molecule has 0 radical (unpaired) electrons. The number of carbonyl (C=O) groups excluding carboxylic acids is 1. The molecule has 0 aliphatic heterocycles. The molecule has 94 valence electrons. The van der Waals surface area contributed by atoms with Crippen LogP contribution in [0.15, 0.2) is 18.2 Å². The van der Waals surface area contributed by atoms with E-state index in [1.54, 1.807) is 19.1 Å². The van der Waals surface area contributed by atoms with Gasteiger partial charge >= 0.3 is 0 Å². The number of halogens is 1. The lowest BCUT2D eigenvalue weighted by atomic mass is 10.1. The molecule has 3 nitrogen and oxygen atoms in total. The van der Waals surface area contributed by atoms with Gasteiger partial charge in [-0.05, 0) is 39.6 Å². The van der Waals surface area contributed by atoms with Gasteiger partial charge in [-0.3, -0.25) is 4.79 Å². The largest absolute Gasteiger partial charge is 0.350 e. The zero-order valence-corrected chi connectivity index (χ0v) is 10.7. The molecule has 1 aromatic carbocycles. The van der Waals surface area contributed by atoms with Crippen molar-refractivity contribution in [2.24, 2.45) is 0 Å². The Labute approximate surface area is 102 Å². The van der Waals surface area contributed by atoms with Crippen LogP contribution in [0.2, 0.25) is 0 Å². The van der Waals surface area contributed by atoms with Gasteiger partial charge in [0.1, 0.15) is 5.82 Å². The molecule has 0 aromatic heterocycles. The minimum atomic E-state index is -0.442. The summed E-state index contributed by atoms with van der Waals surface area (Å²) in [5.74, 6) is -0.803. The van der Waals surface area contributed by atoms with Crippen LogP contribution in [-0.2, 0) is 0 Å². The first kappa shape index (κ1) is 13.6. The fraction of sp³-hybridized carbons (Fsp3) is 0.462. The Morgan fingerprint density at radius 3 is 2.71 bits per heavy atom. The summed E-state index contributed by atoms with van der Waals surface area (Å²) in [5, 5.41) is 2.73. The molecule has 0 saturated carbocycles. The second-order valence-corrected chi connectivity index (χ2v) is 4.46. The summed E-state index contributed by atoms with van der Waals surface area (Å²) in [6.07, 6.45) is 0. The number of carbonyl (C=O) groups is 1. The maximum Gasteiger partial charge on any atom is 0.254 e. The van der Waals surface area contributed by atoms with Crippen molar-refractivity contribution in [2.45, 2.75) is 19.9 Å². The van der Waals surface area contributed by atoms with Crippen LogP contribution in [0, 0.1) is 12.7 Å². The van der Waals surface area contributed by atoms with Crippen molar-refractivity contribution >= 4 is 5.91 Å². The molecule has 0 fully saturated rings. The van der Waals surface area contributed by atoms with Crippen molar-refractivity contribution in [1.82, 2.24) is 10.2 Å². The second-order valence-electron chi connectivity index (χ2n) is 4.46. The third-order valence-corrected chi connectivity index (χ3v) is 2.88. The van der Waals surface area contributed by atoms with Crippen LogP contribution in [0.5, 0.6) is 0 Å². The number of rotatable bonds is 4. The van der Waals surface area contributed by atoms with Crippen molar-refractivity contribution in [2.75, 3.05) is 20.6 Å². The van der Waals surface area contributed by atoms with Gasteiger partial charge in [-0.1, -0.05) is 12.1 Å². The SMILES string of the molecule is Cc1cccc(C(=O)NCC(C)N(C)C)c1F. The molecule has 0 bridgehead atoms. The Bertz CT molecular complexity index is 404. The van der Waals surface area contributed by atoms with Gasteiger partial charge in [-0.2, -0.15) is 0 Å².